The summed E-state index contributed by atoms with van der Waals surface area (Å²) in [5, 5.41) is 8.59. The van der Waals surface area contributed by atoms with Crippen molar-refractivity contribution in [1.82, 2.24) is 15.0 Å². The minimum atomic E-state index is -0.950. The normalized spacial score (nSPS) is 11.2. The van der Waals surface area contributed by atoms with Gasteiger partial charge in [0.25, 0.3) is 0 Å². The number of carboxylic acids is 1. The lowest BCUT2D eigenvalue weighted by Crippen LogP contribution is -1.91. The zero-order chi connectivity index (χ0) is 14.7. The molecular weight excluding hydrogens is 266 g/mol. The number of aliphatic carboxylic acids is 1. The molecule has 0 atom stereocenters. The van der Waals surface area contributed by atoms with E-state index in [9.17, 15) is 4.79 Å². The van der Waals surface area contributed by atoms with E-state index in [2.05, 4.69) is 15.0 Å². The minimum Gasteiger partial charge on any atom is -0.478 e. The fourth-order valence-corrected chi connectivity index (χ4v) is 2.09. The van der Waals surface area contributed by atoms with Gasteiger partial charge in [0, 0.05) is 18.7 Å². The lowest BCUT2D eigenvalue weighted by molar-refractivity contribution is -0.131. The molecule has 0 saturated carbocycles. The van der Waals surface area contributed by atoms with Gasteiger partial charge in [0.2, 0.25) is 0 Å². The van der Waals surface area contributed by atoms with Crippen molar-refractivity contribution in [2.24, 2.45) is 0 Å². The predicted octanol–water partition coefficient (Wildman–Crippen LogP) is 2.65. The summed E-state index contributed by atoms with van der Waals surface area (Å²) in [5.74, 6) is -0.0913. The van der Waals surface area contributed by atoms with Crippen molar-refractivity contribution in [3.05, 3.63) is 65.6 Å². The fraction of sp³-hybridized carbons (Fsp3) is 0.0625. The molecule has 0 aliphatic heterocycles. The highest BCUT2D eigenvalue weighted by Crippen LogP contribution is 2.13. The highest BCUT2D eigenvalue weighted by Gasteiger charge is 2.04. The van der Waals surface area contributed by atoms with E-state index in [1.165, 1.54) is 0 Å². The van der Waals surface area contributed by atoms with Gasteiger partial charge in [0.1, 0.15) is 5.82 Å². The Morgan fingerprint density at radius 1 is 1.24 bits per heavy atom. The molecule has 0 aliphatic carbocycles. The Morgan fingerprint density at radius 2 is 2.05 bits per heavy atom. The van der Waals surface area contributed by atoms with Crippen LogP contribution in [0.4, 0.5) is 0 Å². The van der Waals surface area contributed by atoms with Gasteiger partial charge in [-0.25, -0.2) is 14.8 Å². The Hall–Kier alpha value is -2.95. The van der Waals surface area contributed by atoms with Crippen LogP contribution < -0.4 is 0 Å². The van der Waals surface area contributed by atoms with E-state index >= 15 is 0 Å². The first-order valence-electron chi connectivity index (χ1n) is 6.50. The van der Waals surface area contributed by atoms with Crippen molar-refractivity contribution in [3.8, 4) is 0 Å². The molecule has 0 saturated heterocycles. The molecule has 0 radical (unpaired) electrons. The minimum absolute atomic E-state index is 0.680. The fourth-order valence-electron chi connectivity index (χ4n) is 2.09. The molecule has 0 bridgehead atoms. The van der Waals surface area contributed by atoms with Crippen LogP contribution in [0, 0.1) is 0 Å². The van der Waals surface area contributed by atoms with E-state index in [1.807, 2.05) is 36.4 Å². The second-order valence-corrected chi connectivity index (χ2v) is 4.65. The first kappa shape index (κ1) is 13.1. The molecule has 0 aliphatic rings. The Morgan fingerprint density at radius 3 is 2.76 bits per heavy atom. The SMILES string of the molecule is O=C(O)C=Cc1ccc(Cc2nc3ncccc3[nH]2)cc1. The van der Waals surface area contributed by atoms with Gasteiger partial charge in [-0.05, 0) is 29.3 Å². The molecule has 21 heavy (non-hydrogen) atoms. The number of carboxylic acid groups (broad SMARTS) is 1. The zero-order valence-corrected chi connectivity index (χ0v) is 11.2. The third-order valence-corrected chi connectivity index (χ3v) is 3.08. The van der Waals surface area contributed by atoms with Crippen LogP contribution in [0.5, 0.6) is 0 Å². The first-order chi connectivity index (χ1) is 10.2. The second-order valence-electron chi connectivity index (χ2n) is 4.65. The summed E-state index contributed by atoms with van der Waals surface area (Å²) in [7, 11) is 0. The van der Waals surface area contributed by atoms with E-state index in [-0.39, 0.29) is 0 Å². The van der Waals surface area contributed by atoms with Crippen LogP contribution in [0.25, 0.3) is 17.2 Å². The Kier molecular flexibility index (Phi) is 3.47. The Bertz CT molecular complexity index is 771. The maximum absolute atomic E-state index is 10.5. The van der Waals surface area contributed by atoms with Gasteiger partial charge in [0.15, 0.2) is 5.65 Å². The van der Waals surface area contributed by atoms with E-state index < -0.39 is 5.97 Å². The number of rotatable bonds is 4. The van der Waals surface area contributed by atoms with Crippen LogP contribution in [0.15, 0.2) is 48.7 Å². The monoisotopic (exact) mass is 279 g/mol. The lowest BCUT2D eigenvalue weighted by atomic mass is 10.1. The van der Waals surface area contributed by atoms with Gasteiger partial charge in [-0.3, -0.25) is 0 Å². The number of H-pyrrole nitrogens is 1. The highest BCUT2D eigenvalue weighted by molar-refractivity contribution is 5.85. The van der Waals surface area contributed by atoms with Crippen molar-refractivity contribution in [2.45, 2.75) is 6.42 Å². The van der Waals surface area contributed by atoms with Crippen molar-refractivity contribution in [1.29, 1.82) is 0 Å². The predicted molar refractivity (Wildman–Crippen MR) is 79.8 cm³/mol. The molecule has 2 aromatic heterocycles. The van der Waals surface area contributed by atoms with Gasteiger partial charge in [-0.2, -0.15) is 0 Å². The summed E-state index contributed by atoms with van der Waals surface area (Å²) in [6.07, 6.45) is 5.09. The number of hydrogen-bond acceptors (Lipinski definition) is 3. The summed E-state index contributed by atoms with van der Waals surface area (Å²) in [5.41, 5.74) is 3.59. The highest BCUT2D eigenvalue weighted by atomic mass is 16.4. The number of fused-ring (bicyclic) bond motifs is 1. The molecule has 1 aromatic carbocycles. The van der Waals surface area contributed by atoms with Gasteiger partial charge in [-0.1, -0.05) is 24.3 Å². The maximum atomic E-state index is 10.5. The van der Waals surface area contributed by atoms with Crippen LogP contribution in [0.3, 0.4) is 0 Å². The van der Waals surface area contributed by atoms with E-state index in [0.717, 1.165) is 28.5 Å². The number of pyridine rings is 1. The number of aromatic nitrogens is 3. The van der Waals surface area contributed by atoms with E-state index in [0.29, 0.717) is 12.1 Å². The van der Waals surface area contributed by atoms with Gasteiger partial charge >= 0.3 is 5.97 Å². The molecule has 0 amide bonds. The molecule has 2 N–H and O–H groups in total. The topological polar surface area (TPSA) is 78.9 Å². The molecule has 104 valence electrons. The number of hydrogen-bond donors (Lipinski definition) is 2. The zero-order valence-electron chi connectivity index (χ0n) is 11.2. The van der Waals surface area contributed by atoms with Crippen LogP contribution in [-0.2, 0) is 11.2 Å². The molecule has 0 unspecified atom stereocenters. The average molecular weight is 279 g/mol. The summed E-state index contributed by atoms with van der Waals surface area (Å²) >= 11 is 0. The smallest absolute Gasteiger partial charge is 0.328 e. The van der Waals surface area contributed by atoms with Crippen LogP contribution in [0.2, 0.25) is 0 Å². The number of aromatic amines is 1. The van der Waals surface area contributed by atoms with Crippen molar-refractivity contribution < 1.29 is 9.90 Å². The third kappa shape index (κ3) is 3.14. The van der Waals surface area contributed by atoms with Gasteiger partial charge in [0.05, 0.1) is 5.52 Å². The van der Waals surface area contributed by atoms with Crippen LogP contribution in [-0.4, -0.2) is 26.0 Å². The molecule has 0 fully saturated rings. The van der Waals surface area contributed by atoms with Gasteiger partial charge < -0.3 is 10.1 Å². The van der Waals surface area contributed by atoms with Crippen molar-refractivity contribution in [3.63, 3.8) is 0 Å². The largest absolute Gasteiger partial charge is 0.478 e. The molecular formula is C16H13N3O2. The summed E-state index contributed by atoms with van der Waals surface area (Å²) in [4.78, 5) is 22.3. The van der Waals surface area contributed by atoms with Crippen molar-refractivity contribution >= 4 is 23.2 Å². The quantitative estimate of drug-likeness (QED) is 0.720. The standard InChI is InChI=1S/C16H13N3O2/c20-15(21)8-7-11-3-5-12(6-4-11)10-14-18-13-2-1-9-17-16(13)19-14/h1-9H,10H2,(H,20,21)(H,17,18,19). The lowest BCUT2D eigenvalue weighted by Gasteiger charge is -1.99. The summed E-state index contributed by atoms with van der Waals surface area (Å²) < 4.78 is 0. The summed E-state index contributed by atoms with van der Waals surface area (Å²) in [6, 6.07) is 11.5. The van der Waals surface area contributed by atoms with E-state index in [1.54, 1.807) is 12.3 Å². The van der Waals surface area contributed by atoms with Gasteiger partial charge in [-0.15, -0.1) is 0 Å². The maximum Gasteiger partial charge on any atom is 0.328 e. The number of nitrogens with zero attached hydrogens (tertiary/aromatic N) is 2. The first-order valence-corrected chi connectivity index (χ1v) is 6.50. The number of benzene rings is 1. The Balaban J connectivity index is 1.77. The Labute approximate surface area is 121 Å². The molecule has 3 aromatic rings. The molecule has 0 spiro atoms. The van der Waals surface area contributed by atoms with Crippen LogP contribution in [0.1, 0.15) is 17.0 Å². The number of imidazole rings is 1. The van der Waals surface area contributed by atoms with E-state index in [4.69, 9.17) is 5.11 Å². The molecule has 5 nitrogen and oxygen atoms in total. The summed E-state index contributed by atoms with van der Waals surface area (Å²) in [6.45, 7) is 0. The number of carbonyl (C=O) groups is 1. The second kappa shape index (κ2) is 5.58. The van der Waals surface area contributed by atoms with Crippen molar-refractivity contribution in [2.75, 3.05) is 0 Å². The molecule has 5 heteroatoms. The third-order valence-electron chi connectivity index (χ3n) is 3.08. The average Bonchev–Trinajstić information content (AvgIpc) is 2.88. The molecule has 2 heterocycles. The van der Waals surface area contributed by atoms with Crippen LogP contribution >= 0.6 is 0 Å². The molecule has 3 rings (SSSR count). The number of nitrogens with one attached hydrogen (secondary N) is 1.